The van der Waals surface area contributed by atoms with Crippen LogP contribution in [-0.4, -0.2) is 41.5 Å². The average Bonchev–Trinajstić information content (AvgIpc) is 2.44. The van der Waals surface area contributed by atoms with Crippen molar-refractivity contribution in [1.29, 1.82) is 0 Å². The lowest BCUT2D eigenvalue weighted by molar-refractivity contribution is -0.384. The molecule has 1 rings (SSSR count). The number of aliphatic carboxylic acids is 1. The van der Waals surface area contributed by atoms with Crippen molar-refractivity contribution >= 4 is 23.3 Å². The topological polar surface area (TPSA) is 113 Å². The molecule has 0 fully saturated rings. The van der Waals surface area contributed by atoms with E-state index in [0.29, 0.717) is 6.54 Å². The molecule has 1 amide bonds. The van der Waals surface area contributed by atoms with Gasteiger partial charge in [0.2, 0.25) is 0 Å². The number of anilines is 1. The summed E-state index contributed by atoms with van der Waals surface area (Å²) in [6, 6.07) is 3.90. The molecule has 0 heterocycles. The van der Waals surface area contributed by atoms with Gasteiger partial charge in [0.05, 0.1) is 4.92 Å². The monoisotopic (exact) mass is 295 g/mol. The summed E-state index contributed by atoms with van der Waals surface area (Å²) < 4.78 is 0. The second-order valence-corrected chi connectivity index (χ2v) is 4.23. The largest absolute Gasteiger partial charge is 0.480 e. The number of likely N-dealkylation sites (N-methyl/N-ethyl adjacent to an activating group) is 1. The van der Waals surface area contributed by atoms with Crippen LogP contribution in [0.25, 0.3) is 0 Å². The van der Waals surface area contributed by atoms with E-state index < -0.39 is 10.9 Å². The molecule has 0 aliphatic heterocycles. The minimum Gasteiger partial charge on any atom is -0.480 e. The second-order valence-electron chi connectivity index (χ2n) is 4.23. The van der Waals surface area contributed by atoms with Gasteiger partial charge in [0, 0.05) is 24.7 Å². The van der Waals surface area contributed by atoms with Gasteiger partial charge in [0.1, 0.15) is 12.2 Å². The molecule has 0 bridgehead atoms. The Balaban J connectivity index is 3.29. The fourth-order valence-electron chi connectivity index (χ4n) is 1.87. The maximum atomic E-state index is 11.8. The van der Waals surface area contributed by atoms with Crippen LogP contribution < -0.4 is 10.2 Å². The SMILES string of the molecule is CCNC(=O)c1ccc([N+](=O)[O-])c(N(CC)CC(=O)O)c1. The zero-order chi connectivity index (χ0) is 16.0. The van der Waals surface area contributed by atoms with Gasteiger partial charge in [-0.3, -0.25) is 19.7 Å². The van der Waals surface area contributed by atoms with Gasteiger partial charge in [0.25, 0.3) is 11.6 Å². The molecule has 0 unspecified atom stereocenters. The predicted molar refractivity (Wildman–Crippen MR) is 76.6 cm³/mol. The molecule has 0 aromatic heterocycles. The van der Waals surface area contributed by atoms with E-state index in [0.717, 1.165) is 0 Å². The molecule has 21 heavy (non-hydrogen) atoms. The standard InChI is InChI=1S/C13H17N3O5/c1-3-14-13(19)9-5-6-10(16(20)21)11(7-9)15(4-2)8-12(17)18/h5-7H,3-4,8H2,1-2H3,(H,14,19)(H,17,18). The Morgan fingerprint density at radius 1 is 1.38 bits per heavy atom. The number of rotatable bonds is 7. The van der Waals surface area contributed by atoms with Gasteiger partial charge in [-0.25, -0.2) is 0 Å². The Bertz CT molecular complexity index is 559. The maximum absolute atomic E-state index is 11.8. The van der Waals surface area contributed by atoms with Crippen LogP contribution in [0.1, 0.15) is 24.2 Å². The van der Waals surface area contributed by atoms with Gasteiger partial charge < -0.3 is 15.3 Å². The zero-order valence-corrected chi connectivity index (χ0v) is 11.8. The first-order chi connectivity index (χ1) is 9.90. The molecule has 0 radical (unpaired) electrons. The Morgan fingerprint density at radius 3 is 2.52 bits per heavy atom. The predicted octanol–water partition coefficient (Wildman–Crippen LogP) is 1.26. The van der Waals surface area contributed by atoms with Gasteiger partial charge >= 0.3 is 5.97 Å². The average molecular weight is 295 g/mol. The molecule has 114 valence electrons. The van der Waals surface area contributed by atoms with Crippen molar-refractivity contribution in [2.75, 3.05) is 24.5 Å². The first-order valence-corrected chi connectivity index (χ1v) is 6.44. The number of nitro benzene ring substituents is 1. The third-order valence-electron chi connectivity index (χ3n) is 2.82. The minimum absolute atomic E-state index is 0.119. The van der Waals surface area contributed by atoms with E-state index in [1.54, 1.807) is 13.8 Å². The van der Waals surface area contributed by atoms with Gasteiger partial charge in [-0.15, -0.1) is 0 Å². The van der Waals surface area contributed by atoms with Crippen molar-refractivity contribution in [2.45, 2.75) is 13.8 Å². The molecule has 1 aromatic carbocycles. The quantitative estimate of drug-likeness (QED) is 0.578. The van der Waals surface area contributed by atoms with Crippen LogP contribution in [0.15, 0.2) is 18.2 Å². The lowest BCUT2D eigenvalue weighted by Gasteiger charge is -2.21. The van der Waals surface area contributed by atoms with Crippen LogP contribution in [0.2, 0.25) is 0 Å². The van der Waals surface area contributed by atoms with E-state index in [2.05, 4.69) is 5.32 Å². The number of nitrogens with one attached hydrogen (secondary N) is 1. The fourth-order valence-corrected chi connectivity index (χ4v) is 1.87. The Labute approximate surface area is 121 Å². The van der Waals surface area contributed by atoms with Crippen molar-refractivity contribution in [3.63, 3.8) is 0 Å². The highest BCUT2D eigenvalue weighted by atomic mass is 16.6. The molecular formula is C13H17N3O5. The number of benzene rings is 1. The molecule has 0 saturated heterocycles. The first kappa shape index (κ1) is 16.4. The van der Waals surface area contributed by atoms with Crippen molar-refractivity contribution in [3.8, 4) is 0 Å². The Hall–Kier alpha value is -2.64. The van der Waals surface area contributed by atoms with Crippen LogP contribution in [0.4, 0.5) is 11.4 Å². The summed E-state index contributed by atoms with van der Waals surface area (Å²) >= 11 is 0. The summed E-state index contributed by atoms with van der Waals surface area (Å²) in [7, 11) is 0. The summed E-state index contributed by atoms with van der Waals surface area (Å²) in [6.45, 7) is 3.76. The normalized spacial score (nSPS) is 10.0. The number of carbonyl (C=O) groups is 2. The van der Waals surface area contributed by atoms with Crippen molar-refractivity contribution < 1.29 is 19.6 Å². The number of carboxylic acid groups (broad SMARTS) is 1. The van der Waals surface area contributed by atoms with Crippen LogP contribution >= 0.6 is 0 Å². The molecule has 1 aromatic rings. The van der Waals surface area contributed by atoms with Crippen LogP contribution in [0, 0.1) is 10.1 Å². The third-order valence-corrected chi connectivity index (χ3v) is 2.82. The zero-order valence-electron chi connectivity index (χ0n) is 11.8. The maximum Gasteiger partial charge on any atom is 0.323 e. The summed E-state index contributed by atoms with van der Waals surface area (Å²) in [5.74, 6) is -1.46. The number of nitro groups is 1. The van der Waals surface area contributed by atoms with E-state index in [1.807, 2.05) is 0 Å². The van der Waals surface area contributed by atoms with E-state index in [-0.39, 0.29) is 35.9 Å². The number of carboxylic acids is 1. The molecule has 0 spiro atoms. The number of hydrogen-bond acceptors (Lipinski definition) is 5. The fraction of sp³-hybridized carbons (Fsp3) is 0.385. The van der Waals surface area contributed by atoms with Gasteiger partial charge in [-0.2, -0.15) is 0 Å². The Morgan fingerprint density at radius 2 is 2.05 bits per heavy atom. The highest BCUT2D eigenvalue weighted by Crippen LogP contribution is 2.29. The van der Waals surface area contributed by atoms with Gasteiger partial charge in [-0.05, 0) is 26.0 Å². The molecule has 8 nitrogen and oxygen atoms in total. The Kier molecular flexibility index (Phi) is 5.65. The summed E-state index contributed by atoms with van der Waals surface area (Å²) in [5.41, 5.74) is 0.140. The summed E-state index contributed by atoms with van der Waals surface area (Å²) in [4.78, 5) is 34.5. The van der Waals surface area contributed by atoms with E-state index in [9.17, 15) is 19.7 Å². The number of carbonyl (C=O) groups excluding carboxylic acids is 1. The molecule has 8 heteroatoms. The number of amides is 1. The lowest BCUT2D eigenvalue weighted by Crippen LogP contribution is -2.30. The van der Waals surface area contributed by atoms with E-state index in [1.165, 1.54) is 23.1 Å². The van der Waals surface area contributed by atoms with E-state index in [4.69, 9.17) is 5.11 Å². The molecule has 0 saturated carbocycles. The van der Waals surface area contributed by atoms with Gasteiger partial charge in [0.15, 0.2) is 0 Å². The highest BCUT2D eigenvalue weighted by molar-refractivity contribution is 5.96. The van der Waals surface area contributed by atoms with Crippen LogP contribution in [0.5, 0.6) is 0 Å². The molecule has 0 aliphatic carbocycles. The summed E-state index contributed by atoms with van der Waals surface area (Å²) in [6.07, 6.45) is 0. The van der Waals surface area contributed by atoms with Crippen molar-refractivity contribution in [1.82, 2.24) is 5.32 Å². The summed E-state index contributed by atoms with van der Waals surface area (Å²) in [5, 5.41) is 22.5. The minimum atomic E-state index is -1.10. The molecule has 2 N–H and O–H groups in total. The van der Waals surface area contributed by atoms with Crippen LogP contribution in [0.3, 0.4) is 0 Å². The lowest BCUT2D eigenvalue weighted by atomic mass is 10.1. The molecule has 0 atom stereocenters. The van der Waals surface area contributed by atoms with Crippen molar-refractivity contribution in [2.24, 2.45) is 0 Å². The highest BCUT2D eigenvalue weighted by Gasteiger charge is 2.22. The third kappa shape index (κ3) is 4.16. The van der Waals surface area contributed by atoms with E-state index >= 15 is 0 Å². The smallest absolute Gasteiger partial charge is 0.323 e. The van der Waals surface area contributed by atoms with Crippen molar-refractivity contribution in [3.05, 3.63) is 33.9 Å². The number of nitrogens with zero attached hydrogens (tertiary/aromatic N) is 2. The molecular weight excluding hydrogens is 278 g/mol. The van der Waals surface area contributed by atoms with Crippen LogP contribution in [-0.2, 0) is 4.79 Å². The van der Waals surface area contributed by atoms with Gasteiger partial charge in [-0.1, -0.05) is 0 Å². The molecule has 0 aliphatic rings. The number of hydrogen-bond donors (Lipinski definition) is 2. The first-order valence-electron chi connectivity index (χ1n) is 6.44. The second kappa shape index (κ2) is 7.22.